The van der Waals surface area contributed by atoms with Crippen LogP contribution >= 0.6 is 22.6 Å². The number of aromatic nitrogens is 1. The Morgan fingerprint density at radius 2 is 1.96 bits per heavy atom. The molecular weight excluding hydrogens is 405 g/mol. The lowest BCUT2D eigenvalue weighted by molar-refractivity contribution is -0.167. The van der Waals surface area contributed by atoms with Crippen LogP contribution in [0.25, 0.3) is 10.9 Å². The van der Waals surface area contributed by atoms with Crippen LogP contribution in [-0.4, -0.2) is 23.2 Å². The third kappa shape index (κ3) is 4.20. The summed E-state index contributed by atoms with van der Waals surface area (Å²) in [6.45, 7) is 9.80. The van der Waals surface area contributed by atoms with E-state index >= 15 is 0 Å². The molecule has 5 heteroatoms. The molecule has 0 aliphatic heterocycles. The number of benzene rings is 1. The molecule has 2 rings (SSSR count). The molecule has 0 amide bonds. The molecular formula is C18H22INO3. The van der Waals surface area contributed by atoms with Gasteiger partial charge in [0.25, 0.3) is 0 Å². The van der Waals surface area contributed by atoms with Crippen molar-refractivity contribution in [2.24, 2.45) is 0 Å². The van der Waals surface area contributed by atoms with Gasteiger partial charge >= 0.3 is 5.97 Å². The van der Waals surface area contributed by atoms with E-state index in [0.29, 0.717) is 6.61 Å². The minimum atomic E-state index is -0.779. The highest BCUT2D eigenvalue weighted by Gasteiger charge is 2.32. The predicted molar refractivity (Wildman–Crippen MR) is 99.4 cm³/mol. The highest BCUT2D eigenvalue weighted by atomic mass is 127. The van der Waals surface area contributed by atoms with Crippen molar-refractivity contribution >= 4 is 39.5 Å². The molecule has 0 aliphatic carbocycles. The predicted octanol–water partition coefficient (Wildman–Crippen LogP) is 4.57. The molecule has 23 heavy (non-hydrogen) atoms. The normalized spacial score (nSPS) is 13.1. The van der Waals surface area contributed by atoms with E-state index in [1.54, 1.807) is 6.92 Å². The number of para-hydroxylation sites is 1. The molecule has 124 valence electrons. The van der Waals surface area contributed by atoms with E-state index in [-0.39, 0.29) is 5.97 Å². The number of hydrogen-bond donors (Lipinski definition) is 0. The Balaban J connectivity index is 2.62. The number of aryl methyl sites for hydroxylation is 1. The maximum absolute atomic E-state index is 12.5. The van der Waals surface area contributed by atoms with E-state index in [2.05, 4.69) is 27.6 Å². The first-order chi connectivity index (χ1) is 10.7. The average Bonchev–Trinajstić information content (AvgIpc) is 2.45. The summed E-state index contributed by atoms with van der Waals surface area (Å²) in [5.74, 6) is -0.375. The summed E-state index contributed by atoms with van der Waals surface area (Å²) < 4.78 is 12.2. The Morgan fingerprint density at radius 1 is 1.30 bits per heavy atom. The van der Waals surface area contributed by atoms with Crippen LogP contribution in [0.15, 0.2) is 24.3 Å². The van der Waals surface area contributed by atoms with Crippen molar-refractivity contribution in [2.45, 2.75) is 46.3 Å². The van der Waals surface area contributed by atoms with E-state index in [1.807, 2.05) is 52.0 Å². The van der Waals surface area contributed by atoms with Crippen LogP contribution in [0.1, 0.15) is 45.1 Å². The lowest BCUT2D eigenvalue weighted by Crippen LogP contribution is -2.30. The van der Waals surface area contributed by atoms with E-state index in [9.17, 15) is 4.79 Å². The second-order valence-electron chi connectivity index (χ2n) is 6.30. The Labute approximate surface area is 150 Å². The fourth-order valence-corrected chi connectivity index (χ4v) is 3.53. The number of ether oxygens (including phenoxy) is 2. The lowest BCUT2D eigenvalue weighted by Gasteiger charge is -2.28. The standard InChI is InChI=1S/C18H22INO3/c1-6-22-17(21)16(23-18(3,4)5)14-11(2)20-13-10-8-7-9-12(13)15(14)19/h7-10,16H,6H2,1-5H3. The molecule has 4 nitrogen and oxygen atoms in total. The van der Waals surface area contributed by atoms with Gasteiger partial charge in [-0.2, -0.15) is 0 Å². The van der Waals surface area contributed by atoms with Crippen LogP contribution in [0.5, 0.6) is 0 Å². The van der Waals surface area contributed by atoms with E-state index in [4.69, 9.17) is 9.47 Å². The van der Waals surface area contributed by atoms with Gasteiger partial charge in [-0.05, 0) is 63.3 Å². The van der Waals surface area contributed by atoms with Crippen LogP contribution < -0.4 is 0 Å². The smallest absolute Gasteiger partial charge is 0.340 e. The highest BCUT2D eigenvalue weighted by molar-refractivity contribution is 14.1. The lowest BCUT2D eigenvalue weighted by atomic mass is 10.0. The van der Waals surface area contributed by atoms with Crippen LogP contribution in [0.4, 0.5) is 0 Å². The van der Waals surface area contributed by atoms with Gasteiger partial charge in [0.1, 0.15) is 0 Å². The molecule has 0 aliphatic rings. The van der Waals surface area contributed by atoms with Gasteiger partial charge in [-0.25, -0.2) is 4.79 Å². The zero-order valence-electron chi connectivity index (χ0n) is 14.1. The summed E-state index contributed by atoms with van der Waals surface area (Å²) in [5, 5.41) is 1.01. The molecule has 0 spiro atoms. The summed E-state index contributed by atoms with van der Waals surface area (Å²) in [6.07, 6.45) is -0.779. The molecule has 0 fully saturated rings. The average molecular weight is 427 g/mol. The van der Waals surface area contributed by atoms with Crippen molar-refractivity contribution in [3.05, 3.63) is 39.1 Å². The molecule has 0 N–H and O–H groups in total. The third-order valence-corrected chi connectivity index (χ3v) is 4.45. The number of carbonyl (C=O) groups excluding carboxylic acids is 1. The highest BCUT2D eigenvalue weighted by Crippen LogP contribution is 2.34. The molecule has 1 aromatic heterocycles. The van der Waals surface area contributed by atoms with Gasteiger partial charge in [0.05, 0.1) is 17.7 Å². The number of hydrogen-bond acceptors (Lipinski definition) is 4. The van der Waals surface area contributed by atoms with Crippen molar-refractivity contribution in [1.29, 1.82) is 0 Å². The van der Waals surface area contributed by atoms with E-state index < -0.39 is 11.7 Å². The quantitative estimate of drug-likeness (QED) is 0.530. The monoisotopic (exact) mass is 427 g/mol. The number of fused-ring (bicyclic) bond motifs is 1. The summed E-state index contributed by atoms with van der Waals surface area (Å²) in [6, 6.07) is 7.90. The minimum Gasteiger partial charge on any atom is -0.464 e. The zero-order chi connectivity index (χ0) is 17.2. The van der Waals surface area contributed by atoms with E-state index in [1.165, 1.54) is 0 Å². The molecule has 0 saturated carbocycles. The fourth-order valence-electron chi connectivity index (χ4n) is 2.40. The van der Waals surface area contributed by atoms with Gasteiger partial charge in [0.2, 0.25) is 0 Å². The van der Waals surface area contributed by atoms with Gasteiger partial charge in [-0.3, -0.25) is 4.98 Å². The first kappa shape index (κ1) is 18.1. The molecule has 0 bridgehead atoms. The molecule has 1 aromatic carbocycles. The summed E-state index contributed by atoms with van der Waals surface area (Å²) >= 11 is 2.27. The second-order valence-corrected chi connectivity index (χ2v) is 7.38. The van der Waals surface area contributed by atoms with Crippen LogP contribution in [0, 0.1) is 10.5 Å². The Bertz CT molecular complexity index is 722. The molecule has 1 atom stereocenters. The van der Waals surface area contributed by atoms with Gasteiger partial charge in [-0.1, -0.05) is 18.2 Å². The summed E-state index contributed by atoms with van der Waals surface area (Å²) in [5.41, 5.74) is 2.02. The van der Waals surface area contributed by atoms with Crippen LogP contribution in [0.2, 0.25) is 0 Å². The topological polar surface area (TPSA) is 48.4 Å². The summed E-state index contributed by atoms with van der Waals surface area (Å²) in [4.78, 5) is 17.1. The van der Waals surface area contributed by atoms with Crippen molar-refractivity contribution in [3.63, 3.8) is 0 Å². The van der Waals surface area contributed by atoms with Gasteiger partial charge in [0.15, 0.2) is 6.10 Å². The number of rotatable bonds is 4. The fraction of sp³-hybridized carbons (Fsp3) is 0.444. The Morgan fingerprint density at radius 3 is 2.57 bits per heavy atom. The molecule has 1 unspecified atom stereocenters. The molecule has 1 heterocycles. The van der Waals surface area contributed by atoms with Crippen molar-refractivity contribution in [1.82, 2.24) is 4.98 Å². The van der Waals surface area contributed by atoms with E-state index in [0.717, 1.165) is 25.7 Å². The van der Waals surface area contributed by atoms with Crippen molar-refractivity contribution in [2.75, 3.05) is 6.61 Å². The van der Waals surface area contributed by atoms with Crippen LogP contribution in [0.3, 0.4) is 0 Å². The zero-order valence-corrected chi connectivity index (χ0v) is 16.3. The molecule has 0 saturated heterocycles. The first-order valence-electron chi connectivity index (χ1n) is 7.63. The first-order valence-corrected chi connectivity index (χ1v) is 8.71. The SMILES string of the molecule is CCOC(=O)C(OC(C)(C)C)c1c(C)nc2ccccc2c1I. The van der Waals surface area contributed by atoms with Crippen LogP contribution in [-0.2, 0) is 14.3 Å². The maximum atomic E-state index is 12.5. The van der Waals surface area contributed by atoms with Gasteiger partial charge in [0, 0.05) is 20.2 Å². The third-order valence-electron chi connectivity index (χ3n) is 3.29. The Hall–Kier alpha value is -1.21. The number of esters is 1. The van der Waals surface area contributed by atoms with Gasteiger partial charge < -0.3 is 9.47 Å². The maximum Gasteiger partial charge on any atom is 0.340 e. The van der Waals surface area contributed by atoms with Crippen molar-refractivity contribution < 1.29 is 14.3 Å². The number of nitrogens with zero attached hydrogens (tertiary/aromatic N) is 1. The molecule has 0 radical (unpaired) electrons. The number of carbonyl (C=O) groups is 1. The largest absolute Gasteiger partial charge is 0.464 e. The van der Waals surface area contributed by atoms with Crippen molar-refractivity contribution in [3.8, 4) is 0 Å². The minimum absolute atomic E-state index is 0.319. The number of halogens is 1. The van der Waals surface area contributed by atoms with Gasteiger partial charge in [-0.15, -0.1) is 0 Å². The Kier molecular flexibility index (Phi) is 5.62. The number of pyridine rings is 1. The summed E-state index contributed by atoms with van der Waals surface area (Å²) in [7, 11) is 0. The second kappa shape index (κ2) is 7.13. The molecule has 2 aromatic rings.